The van der Waals surface area contributed by atoms with Crippen LogP contribution in [0, 0.1) is 0 Å². The molecule has 5 rings (SSSR count). The number of allylic oxidation sites excluding steroid dienone is 4. The summed E-state index contributed by atoms with van der Waals surface area (Å²) in [4.78, 5) is 11.9. The molecule has 2 unspecified atom stereocenters. The summed E-state index contributed by atoms with van der Waals surface area (Å²) in [5, 5.41) is 4.10. The van der Waals surface area contributed by atoms with Gasteiger partial charge in [-0.2, -0.15) is 0 Å². The van der Waals surface area contributed by atoms with E-state index in [4.69, 9.17) is 14.7 Å². The third-order valence-corrected chi connectivity index (χ3v) is 5.87. The molecule has 6 heteroatoms. The Morgan fingerprint density at radius 1 is 1.13 bits per heavy atom. The predicted molar refractivity (Wildman–Crippen MR) is 122 cm³/mol. The number of hydrogen-bond donors (Lipinski definition) is 1. The van der Waals surface area contributed by atoms with Crippen LogP contribution < -0.4 is 10.1 Å². The molecule has 2 aromatic rings. The van der Waals surface area contributed by atoms with Crippen molar-refractivity contribution in [2.75, 3.05) is 19.6 Å². The Morgan fingerprint density at radius 2 is 2.10 bits per heavy atom. The number of nitrogens with zero attached hydrogens (tertiary/aromatic N) is 3. The van der Waals surface area contributed by atoms with Gasteiger partial charge in [0, 0.05) is 30.4 Å². The fraction of sp³-hybridized carbons (Fsp3) is 0.360. The number of fused-ring (bicyclic) bond motifs is 2. The summed E-state index contributed by atoms with van der Waals surface area (Å²) in [5.74, 6) is 1.45. The number of aliphatic imine (C=N–C) groups is 1. The Bertz CT molecular complexity index is 1070. The Morgan fingerprint density at radius 3 is 3.06 bits per heavy atom. The molecular formula is C25H27FN4O. The zero-order chi connectivity index (χ0) is 21.0. The number of rotatable bonds is 3. The van der Waals surface area contributed by atoms with Crippen molar-refractivity contribution in [1.29, 1.82) is 0 Å². The maximum absolute atomic E-state index is 14.6. The summed E-state index contributed by atoms with van der Waals surface area (Å²) in [7, 11) is 0. The number of hydrogen-bond acceptors (Lipinski definition) is 5. The van der Waals surface area contributed by atoms with Crippen molar-refractivity contribution in [3.63, 3.8) is 0 Å². The summed E-state index contributed by atoms with van der Waals surface area (Å²) in [6.45, 7) is 1.91. The minimum absolute atomic E-state index is 0.328. The minimum atomic E-state index is -1.03. The second-order valence-corrected chi connectivity index (χ2v) is 8.09. The van der Waals surface area contributed by atoms with E-state index in [0.29, 0.717) is 18.7 Å². The normalized spacial score (nSPS) is 25.6. The lowest BCUT2D eigenvalue weighted by Crippen LogP contribution is -2.33. The van der Waals surface area contributed by atoms with Crippen LogP contribution in [-0.4, -0.2) is 47.6 Å². The number of amidine groups is 1. The number of ether oxygens (including phenoxy) is 1. The minimum Gasteiger partial charge on any atom is -0.485 e. The van der Waals surface area contributed by atoms with Crippen LogP contribution in [0.4, 0.5) is 4.39 Å². The van der Waals surface area contributed by atoms with E-state index in [9.17, 15) is 4.39 Å². The largest absolute Gasteiger partial charge is 0.485 e. The highest BCUT2D eigenvalue weighted by Crippen LogP contribution is 2.28. The van der Waals surface area contributed by atoms with Crippen molar-refractivity contribution >= 4 is 16.7 Å². The van der Waals surface area contributed by atoms with Crippen LogP contribution in [0.5, 0.6) is 5.75 Å². The van der Waals surface area contributed by atoms with Gasteiger partial charge in [0.2, 0.25) is 0 Å². The average molecular weight is 419 g/mol. The zero-order valence-corrected chi connectivity index (χ0v) is 17.5. The summed E-state index contributed by atoms with van der Waals surface area (Å²) < 4.78 is 20.8. The molecule has 0 bridgehead atoms. The van der Waals surface area contributed by atoms with Crippen molar-refractivity contribution in [2.45, 2.75) is 38.0 Å². The molecular weight excluding hydrogens is 391 g/mol. The first kappa shape index (κ1) is 19.9. The zero-order valence-electron chi connectivity index (χ0n) is 17.5. The first-order valence-corrected chi connectivity index (χ1v) is 11.1. The van der Waals surface area contributed by atoms with Crippen molar-refractivity contribution in [3.05, 3.63) is 72.2 Å². The molecule has 2 atom stereocenters. The van der Waals surface area contributed by atoms with Gasteiger partial charge in [0.15, 0.2) is 5.84 Å². The Labute approximate surface area is 182 Å². The van der Waals surface area contributed by atoms with Gasteiger partial charge in [0.1, 0.15) is 29.2 Å². The summed E-state index contributed by atoms with van der Waals surface area (Å²) in [5.41, 5.74) is 2.64. The third-order valence-electron chi connectivity index (χ3n) is 5.87. The molecule has 160 valence electrons. The molecule has 31 heavy (non-hydrogen) atoms. The molecule has 1 saturated heterocycles. The van der Waals surface area contributed by atoms with Crippen molar-refractivity contribution < 1.29 is 9.13 Å². The van der Waals surface area contributed by atoms with Gasteiger partial charge < -0.3 is 15.0 Å². The van der Waals surface area contributed by atoms with E-state index in [2.05, 4.69) is 22.4 Å². The topological polar surface area (TPSA) is 49.8 Å². The van der Waals surface area contributed by atoms with Gasteiger partial charge in [-0.1, -0.05) is 30.4 Å². The van der Waals surface area contributed by atoms with E-state index in [1.54, 1.807) is 0 Å². The van der Waals surface area contributed by atoms with Crippen LogP contribution in [0.15, 0.2) is 71.5 Å². The highest BCUT2D eigenvalue weighted by atomic mass is 19.1. The van der Waals surface area contributed by atoms with Gasteiger partial charge in [0.25, 0.3) is 0 Å². The van der Waals surface area contributed by atoms with E-state index in [1.165, 1.54) is 0 Å². The van der Waals surface area contributed by atoms with Gasteiger partial charge in [-0.3, -0.25) is 4.99 Å². The lowest BCUT2D eigenvalue weighted by Gasteiger charge is -2.27. The summed E-state index contributed by atoms with van der Waals surface area (Å²) in [6, 6.07) is 9.88. The third kappa shape index (κ3) is 4.26. The molecule has 3 aliphatic heterocycles. The standard InChI is InChI=1S/C25H27FN4O/c26-20-17-27-14-6-11-22(20)31-23-10-5-7-18-12-13-21(29-24(18)23)25-28-15-3-1-8-19-9-2-4-16-30(19)25/h2,4-5,7-10,12-13,16,20,22,27H,1,3,6,11,14-15,17H2/b19-8+,28-25?. The molecule has 0 amide bonds. The summed E-state index contributed by atoms with van der Waals surface area (Å²) in [6.07, 6.45) is 12.5. The van der Waals surface area contributed by atoms with Gasteiger partial charge in [0.05, 0.1) is 0 Å². The molecule has 4 heterocycles. The molecule has 1 aromatic carbocycles. The lowest BCUT2D eigenvalue weighted by molar-refractivity contribution is 0.101. The number of halogens is 1. The smallest absolute Gasteiger partial charge is 0.158 e. The van der Waals surface area contributed by atoms with E-state index in [-0.39, 0.29) is 0 Å². The number of benzene rings is 1. The Hall–Kier alpha value is -2.99. The maximum atomic E-state index is 14.6. The molecule has 1 fully saturated rings. The molecule has 0 radical (unpaired) electrons. The second kappa shape index (κ2) is 9.02. The number of alkyl halides is 1. The molecule has 0 spiro atoms. The highest BCUT2D eigenvalue weighted by molar-refractivity contribution is 6.01. The van der Waals surface area contributed by atoms with Crippen molar-refractivity contribution in [3.8, 4) is 5.75 Å². The van der Waals surface area contributed by atoms with E-state index in [0.717, 1.165) is 60.5 Å². The number of pyridine rings is 1. The van der Waals surface area contributed by atoms with Crippen LogP contribution in [0.1, 0.15) is 31.4 Å². The van der Waals surface area contributed by atoms with Crippen LogP contribution in [-0.2, 0) is 0 Å². The molecule has 3 aliphatic rings. The quantitative estimate of drug-likeness (QED) is 0.797. The summed E-state index contributed by atoms with van der Waals surface area (Å²) >= 11 is 0. The van der Waals surface area contributed by atoms with Crippen LogP contribution in [0.3, 0.4) is 0 Å². The van der Waals surface area contributed by atoms with Crippen molar-refractivity contribution in [1.82, 2.24) is 15.2 Å². The SMILES string of the molecule is FC1CNCCCC1Oc1cccc2ccc(C3=NCCC/C=C4\C=CC=CN34)nc12. The predicted octanol–water partition coefficient (Wildman–Crippen LogP) is 4.51. The van der Waals surface area contributed by atoms with E-state index >= 15 is 0 Å². The van der Waals surface area contributed by atoms with Gasteiger partial charge in [-0.15, -0.1) is 0 Å². The van der Waals surface area contributed by atoms with Gasteiger partial charge in [-0.05, 0) is 56.5 Å². The first-order valence-electron chi connectivity index (χ1n) is 11.1. The number of nitrogens with one attached hydrogen (secondary N) is 1. The van der Waals surface area contributed by atoms with Crippen LogP contribution in [0.2, 0.25) is 0 Å². The molecule has 0 aliphatic carbocycles. The molecule has 0 saturated carbocycles. The number of para-hydroxylation sites is 1. The molecule has 1 aromatic heterocycles. The molecule has 5 nitrogen and oxygen atoms in total. The van der Waals surface area contributed by atoms with E-state index in [1.807, 2.05) is 48.7 Å². The lowest BCUT2D eigenvalue weighted by atomic mass is 10.1. The van der Waals surface area contributed by atoms with E-state index < -0.39 is 12.3 Å². The highest BCUT2D eigenvalue weighted by Gasteiger charge is 2.26. The monoisotopic (exact) mass is 418 g/mol. The Balaban J connectivity index is 1.52. The fourth-order valence-corrected chi connectivity index (χ4v) is 4.24. The Kier molecular flexibility index (Phi) is 5.80. The fourth-order valence-electron chi connectivity index (χ4n) is 4.24. The molecule has 1 N–H and O–H groups in total. The number of aromatic nitrogens is 1. The van der Waals surface area contributed by atoms with Crippen molar-refractivity contribution in [2.24, 2.45) is 4.99 Å². The van der Waals surface area contributed by atoms with Crippen LogP contribution in [0.25, 0.3) is 10.9 Å². The van der Waals surface area contributed by atoms with Crippen LogP contribution >= 0.6 is 0 Å². The second-order valence-electron chi connectivity index (χ2n) is 8.09. The maximum Gasteiger partial charge on any atom is 0.158 e. The van der Waals surface area contributed by atoms with Gasteiger partial charge >= 0.3 is 0 Å². The van der Waals surface area contributed by atoms with Gasteiger partial charge in [-0.25, -0.2) is 9.37 Å². The first-order chi connectivity index (χ1) is 15.3. The average Bonchev–Trinajstić information content (AvgIpc) is 2.99.